The third-order valence-electron chi connectivity index (χ3n) is 12.8. The smallest absolute Gasteiger partial charge is 0.261 e. The van der Waals surface area contributed by atoms with Gasteiger partial charge in [0, 0.05) is 86.9 Å². The van der Waals surface area contributed by atoms with E-state index in [1.807, 2.05) is 36.4 Å². The zero-order valence-electron chi connectivity index (χ0n) is 37.1. The minimum atomic E-state index is -1.22. The Bertz CT molecular complexity index is 2830. The van der Waals surface area contributed by atoms with Crippen molar-refractivity contribution in [3.63, 3.8) is 0 Å². The third-order valence-corrected chi connectivity index (χ3v) is 13.1. The van der Waals surface area contributed by atoms with Crippen LogP contribution in [0.5, 0.6) is 0 Å². The molecule has 2 saturated heterocycles. The highest BCUT2D eigenvalue weighted by atomic mass is 35.5. The number of piperazine rings is 1. The number of carbonyl (C=O) groups is 3. The van der Waals surface area contributed by atoms with Gasteiger partial charge in [-0.15, -0.1) is 0 Å². The Kier molecular flexibility index (Phi) is 14.5. The van der Waals surface area contributed by atoms with Gasteiger partial charge < -0.3 is 30.4 Å². The van der Waals surface area contributed by atoms with E-state index in [1.54, 1.807) is 65.6 Å². The van der Waals surface area contributed by atoms with E-state index in [0.29, 0.717) is 101 Å². The molecule has 3 N–H and O–H groups in total. The number of carbonyl (C=O) groups excluding carboxylic acids is 3. The van der Waals surface area contributed by atoms with E-state index in [1.165, 1.54) is 10.9 Å². The second-order valence-electron chi connectivity index (χ2n) is 17.6. The van der Waals surface area contributed by atoms with Gasteiger partial charge in [-0.05, 0) is 93.2 Å². The number of anilines is 1. The number of rotatable bonds is 15. The highest BCUT2D eigenvalue weighted by molar-refractivity contribution is 6.35. The average molecular weight is 909 g/mol. The number of nitrogens with zero attached hydrogens (tertiary/aromatic N) is 7. The van der Waals surface area contributed by atoms with E-state index in [0.717, 1.165) is 37.3 Å². The fourth-order valence-corrected chi connectivity index (χ4v) is 9.13. The number of hydrogen-bond donors (Lipinski definition) is 3. The number of likely N-dealkylation sites (N-methyl/N-ethyl adjacent to an activating group) is 1. The predicted molar refractivity (Wildman–Crippen MR) is 256 cm³/mol. The van der Waals surface area contributed by atoms with Crippen LogP contribution in [0.4, 0.5) is 5.69 Å². The number of pyridine rings is 1. The number of fused-ring (bicyclic) bond motifs is 2. The second kappa shape index (κ2) is 20.8. The maximum Gasteiger partial charge on any atom is 0.261 e. The zero-order chi connectivity index (χ0) is 46.2. The molecular formula is C51H54ClN9O5. The fraction of sp³-hybridized carbons (Fsp3) is 0.353. The van der Waals surface area contributed by atoms with Gasteiger partial charge in [-0.1, -0.05) is 60.1 Å². The molecule has 8 rings (SSSR count). The van der Waals surface area contributed by atoms with E-state index in [-0.39, 0.29) is 48.6 Å². The first-order chi connectivity index (χ1) is 31.9. The molecule has 6 aromatic rings. The molecule has 14 nitrogen and oxygen atoms in total. The molecule has 4 aromatic carbocycles. The van der Waals surface area contributed by atoms with Crippen LogP contribution in [0, 0.1) is 17.2 Å². The van der Waals surface area contributed by atoms with Crippen molar-refractivity contribution in [2.24, 2.45) is 5.92 Å². The lowest BCUT2D eigenvalue weighted by Crippen LogP contribution is -2.51. The van der Waals surface area contributed by atoms with Crippen molar-refractivity contribution in [3.05, 3.63) is 135 Å². The molecule has 0 bridgehead atoms. The van der Waals surface area contributed by atoms with Crippen LogP contribution in [-0.2, 0) is 22.6 Å². The number of halogens is 1. The maximum atomic E-state index is 14.2. The third kappa shape index (κ3) is 11.3. The molecule has 0 aliphatic carbocycles. The van der Waals surface area contributed by atoms with E-state index < -0.39 is 5.60 Å². The molecular weight excluding hydrogens is 854 g/mol. The maximum absolute atomic E-state index is 14.2. The van der Waals surface area contributed by atoms with Gasteiger partial charge in [-0.25, -0.2) is 9.97 Å². The first-order valence-corrected chi connectivity index (χ1v) is 23.0. The Labute approximate surface area is 388 Å². The molecule has 1 atom stereocenters. The van der Waals surface area contributed by atoms with Gasteiger partial charge in [-0.3, -0.25) is 23.7 Å². The number of benzene rings is 4. The summed E-state index contributed by atoms with van der Waals surface area (Å²) >= 11 is 6.62. The first-order valence-electron chi connectivity index (χ1n) is 22.6. The van der Waals surface area contributed by atoms with Crippen molar-refractivity contribution in [1.29, 1.82) is 5.26 Å². The lowest BCUT2D eigenvalue weighted by atomic mass is 9.88. The van der Waals surface area contributed by atoms with E-state index >= 15 is 0 Å². The van der Waals surface area contributed by atoms with Gasteiger partial charge in [0.2, 0.25) is 11.8 Å². The van der Waals surface area contributed by atoms with Crippen molar-refractivity contribution in [2.45, 2.75) is 50.7 Å². The summed E-state index contributed by atoms with van der Waals surface area (Å²) in [5.41, 5.74) is 3.38. The average Bonchev–Trinajstić information content (AvgIpc) is 3.33. The zero-order valence-corrected chi connectivity index (χ0v) is 37.8. The minimum Gasteiger partial charge on any atom is -0.388 e. The number of aromatic nitrogens is 3. The number of nitriles is 1. The molecule has 3 amide bonds. The van der Waals surface area contributed by atoms with Crippen LogP contribution in [-0.4, -0.2) is 117 Å². The summed E-state index contributed by atoms with van der Waals surface area (Å²) in [6.07, 6.45) is 4.02. The molecule has 2 fully saturated rings. The Hall–Kier alpha value is -6.50. The van der Waals surface area contributed by atoms with Crippen molar-refractivity contribution < 1.29 is 19.5 Å². The SMILES string of the molecule is CN1CCN(CCC(=O)Nc2ccc3c(=O)n(CC4(O)CCN(C(=O)C(CCCNC(=O)c5ccc6c(Cl)cc(-c7cccc(C#N)c7)nc6c5)Cc5ccccc5)CC4)cnc3c2)CC1. The topological polar surface area (TPSA) is 177 Å². The van der Waals surface area contributed by atoms with Crippen molar-refractivity contribution >= 4 is 56.8 Å². The molecule has 0 saturated carbocycles. The van der Waals surface area contributed by atoms with Gasteiger partial charge in [0.05, 0.1) is 57.2 Å². The summed E-state index contributed by atoms with van der Waals surface area (Å²) in [7, 11) is 2.10. The number of amides is 3. The second-order valence-corrected chi connectivity index (χ2v) is 18.0. The number of hydrogen-bond acceptors (Lipinski definition) is 10. The quantitative estimate of drug-likeness (QED) is 0.102. The van der Waals surface area contributed by atoms with Gasteiger partial charge in [0.25, 0.3) is 11.5 Å². The van der Waals surface area contributed by atoms with E-state index in [4.69, 9.17) is 16.6 Å². The molecule has 15 heteroatoms. The molecule has 340 valence electrons. The Morgan fingerprint density at radius 2 is 1.67 bits per heavy atom. The van der Waals surface area contributed by atoms with Crippen molar-refractivity contribution in [1.82, 2.24) is 34.6 Å². The standard InChI is InChI=1S/C51H54ClN9O5/c1-58-23-25-59(26-24-58)20-16-47(62)56-40-13-15-42-45(30-40)55-34-61(50(42)65)33-51(66)17-21-60(22-18-51)49(64)39(27-35-7-3-2-4-8-35)11-6-19-54-48(63)38-12-14-41-43(52)31-44(57-46(41)29-38)37-10-5-9-36(28-37)32-53/h2-5,7-10,12-15,28-31,34,39,66H,6,11,16-27,33H2,1H3,(H,54,63)(H,56,62). The lowest BCUT2D eigenvalue weighted by Gasteiger charge is -2.39. The Morgan fingerprint density at radius 3 is 2.44 bits per heavy atom. The summed E-state index contributed by atoms with van der Waals surface area (Å²) in [5, 5.41) is 28.6. The Morgan fingerprint density at radius 1 is 0.894 bits per heavy atom. The summed E-state index contributed by atoms with van der Waals surface area (Å²) < 4.78 is 1.43. The van der Waals surface area contributed by atoms with Crippen LogP contribution in [0.1, 0.15) is 53.6 Å². The van der Waals surface area contributed by atoms with Crippen LogP contribution in [0.25, 0.3) is 33.1 Å². The number of piperidine rings is 1. The highest BCUT2D eigenvalue weighted by Crippen LogP contribution is 2.30. The monoisotopic (exact) mass is 907 g/mol. The molecule has 66 heavy (non-hydrogen) atoms. The molecule has 1 unspecified atom stereocenters. The largest absolute Gasteiger partial charge is 0.388 e. The molecule has 4 heterocycles. The molecule has 0 radical (unpaired) electrons. The fourth-order valence-electron chi connectivity index (χ4n) is 8.87. The van der Waals surface area contributed by atoms with Crippen molar-refractivity contribution in [3.8, 4) is 17.3 Å². The summed E-state index contributed by atoms with van der Waals surface area (Å²) in [6, 6.07) is 31.1. The van der Waals surface area contributed by atoms with Crippen LogP contribution in [0.15, 0.2) is 108 Å². The number of aliphatic hydroxyl groups is 1. The first kappa shape index (κ1) is 46.0. The normalized spacial score (nSPS) is 15.9. The van der Waals surface area contributed by atoms with Gasteiger partial charge in [0.15, 0.2) is 0 Å². The van der Waals surface area contributed by atoms with Crippen LogP contribution in [0.2, 0.25) is 5.02 Å². The summed E-state index contributed by atoms with van der Waals surface area (Å²) in [5.74, 6) is -0.718. The van der Waals surface area contributed by atoms with Gasteiger partial charge in [0.1, 0.15) is 0 Å². The summed E-state index contributed by atoms with van der Waals surface area (Å²) in [4.78, 5) is 69.5. The highest BCUT2D eigenvalue weighted by Gasteiger charge is 2.36. The molecule has 2 aromatic heterocycles. The molecule has 0 spiro atoms. The van der Waals surface area contributed by atoms with Crippen LogP contribution < -0.4 is 16.2 Å². The van der Waals surface area contributed by atoms with Gasteiger partial charge in [-0.2, -0.15) is 5.26 Å². The minimum absolute atomic E-state index is 0.00687. The predicted octanol–water partition coefficient (Wildman–Crippen LogP) is 6.14. The summed E-state index contributed by atoms with van der Waals surface area (Å²) in [6.45, 7) is 5.60. The molecule has 2 aliphatic heterocycles. The Balaban J connectivity index is 0.852. The van der Waals surface area contributed by atoms with Gasteiger partial charge >= 0.3 is 0 Å². The van der Waals surface area contributed by atoms with E-state index in [9.17, 15) is 29.5 Å². The van der Waals surface area contributed by atoms with Crippen LogP contribution >= 0.6 is 11.6 Å². The van der Waals surface area contributed by atoms with E-state index in [2.05, 4.69) is 38.5 Å². The number of nitrogens with one attached hydrogen (secondary N) is 2. The van der Waals surface area contributed by atoms with Crippen LogP contribution in [0.3, 0.4) is 0 Å². The molecule has 2 aliphatic rings. The lowest BCUT2D eigenvalue weighted by molar-refractivity contribution is -0.140. The number of likely N-dealkylation sites (tertiary alicyclic amines) is 1. The van der Waals surface area contributed by atoms with Crippen molar-refractivity contribution in [2.75, 3.05) is 64.7 Å².